The highest BCUT2D eigenvalue weighted by Gasteiger charge is 2.34. The molecule has 1 aliphatic carbocycles. The van der Waals surface area contributed by atoms with Crippen molar-refractivity contribution in [2.45, 2.75) is 44.2 Å². The number of rotatable bonds is 11. The number of para-hydroxylation sites is 1. The summed E-state index contributed by atoms with van der Waals surface area (Å²) in [5, 5.41) is 2.88. The number of nitrogens with zero attached hydrogens (tertiary/aromatic N) is 3. The Labute approximate surface area is 241 Å². The SMILES string of the molecule is COCCN(C)C(=O)N(Cc1ccc([C@@H]2CCCC[C@H]2C(=O)N[C@H](C(N)=O)c2cccnc2)cc1)c1ccccc1. The molecule has 2 aromatic carbocycles. The van der Waals surface area contributed by atoms with Gasteiger partial charge >= 0.3 is 6.03 Å². The monoisotopic (exact) mass is 557 g/mol. The zero-order valence-electron chi connectivity index (χ0n) is 23.7. The Hall–Kier alpha value is -4.24. The number of primary amides is 1. The van der Waals surface area contributed by atoms with Crippen molar-refractivity contribution in [3.8, 4) is 0 Å². The number of carbonyl (C=O) groups excluding carboxylic acids is 3. The highest BCUT2D eigenvalue weighted by atomic mass is 16.5. The Morgan fingerprint density at radius 2 is 1.76 bits per heavy atom. The van der Waals surface area contributed by atoms with Crippen LogP contribution in [0.1, 0.15) is 54.3 Å². The molecule has 0 aliphatic heterocycles. The Morgan fingerprint density at radius 3 is 2.41 bits per heavy atom. The molecule has 1 fully saturated rings. The zero-order valence-corrected chi connectivity index (χ0v) is 23.7. The number of pyridine rings is 1. The number of hydrogen-bond donors (Lipinski definition) is 2. The van der Waals surface area contributed by atoms with Crippen LogP contribution >= 0.6 is 0 Å². The Balaban J connectivity index is 1.50. The quantitative estimate of drug-likeness (QED) is 0.362. The van der Waals surface area contributed by atoms with Crippen molar-refractivity contribution in [1.82, 2.24) is 15.2 Å². The van der Waals surface area contributed by atoms with Gasteiger partial charge in [0.15, 0.2) is 0 Å². The van der Waals surface area contributed by atoms with Crippen LogP contribution in [0.4, 0.5) is 10.5 Å². The molecule has 9 heteroatoms. The summed E-state index contributed by atoms with van der Waals surface area (Å²) < 4.78 is 5.15. The fraction of sp³-hybridized carbons (Fsp3) is 0.375. The first-order chi connectivity index (χ1) is 19.9. The number of ether oxygens (including phenoxy) is 1. The summed E-state index contributed by atoms with van der Waals surface area (Å²) >= 11 is 0. The third-order valence-corrected chi connectivity index (χ3v) is 7.70. The van der Waals surface area contributed by atoms with Gasteiger partial charge in [-0.2, -0.15) is 0 Å². The van der Waals surface area contributed by atoms with Gasteiger partial charge in [-0.15, -0.1) is 0 Å². The number of carbonyl (C=O) groups is 3. The van der Waals surface area contributed by atoms with Crippen molar-refractivity contribution in [2.75, 3.05) is 32.2 Å². The lowest BCUT2D eigenvalue weighted by Gasteiger charge is -2.32. The molecule has 1 saturated carbocycles. The maximum Gasteiger partial charge on any atom is 0.324 e. The lowest BCUT2D eigenvalue weighted by atomic mass is 9.74. The van der Waals surface area contributed by atoms with Crippen molar-refractivity contribution >= 4 is 23.5 Å². The van der Waals surface area contributed by atoms with Crippen LogP contribution in [0.3, 0.4) is 0 Å². The van der Waals surface area contributed by atoms with Crippen molar-refractivity contribution in [1.29, 1.82) is 0 Å². The maximum absolute atomic E-state index is 13.5. The van der Waals surface area contributed by atoms with Crippen LogP contribution in [0.5, 0.6) is 0 Å². The lowest BCUT2D eigenvalue weighted by molar-refractivity contribution is -0.131. The van der Waals surface area contributed by atoms with E-state index in [1.807, 2.05) is 42.5 Å². The Bertz CT molecular complexity index is 1290. The van der Waals surface area contributed by atoms with E-state index in [4.69, 9.17) is 10.5 Å². The fourth-order valence-electron chi connectivity index (χ4n) is 5.42. The van der Waals surface area contributed by atoms with Gasteiger partial charge in [0.05, 0.1) is 13.2 Å². The van der Waals surface area contributed by atoms with E-state index in [-0.39, 0.29) is 23.8 Å². The summed E-state index contributed by atoms with van der Waals surface area (Å²) in [6.07, 6.45) is 6.75. The molecule has 1 aromatic heterocycles. The lowest BCUT2D eigenvalue weighted by Crippen LogP contribution is -2.42. The van der Waals surface area contributed by atoms with Crippen molar-refractivity contribution in [3.05, 3.63) is 95.8 Å². The van der Waals surface area contributed by atoms with Gasteiger partial charge in [-0.3, -0.25) is 19.5 Å². The average Bonchev–Trinajstić information content (AvgIpc) is 3.01. The standard InChI is InChI=1S/C32H39N5O4/c1-36(19-20-41-2)32(40)37(26-10-4-3-5-11-26)22-23-14-16-24(17-15-23)27-12-6-7-13-28(27)31(39)35-29(30(33)38)25-9-8-18-34-21-25/h3-5,8-11,14-18,21,27-29H,6-7,12-13,19-20,22H2,1-2H3,(H2,33,38)(H,35,39)/t27-,28+,29-/m0/s1. The molecule has 1 heterocycles. The highest BCUT2D eigenvalue weighted by Crippen LogP contribution is 2.38. The molecule has 0 bridgehead atoms. The van der Waals surface area contributed by atoms with E-state index in [9.17, 15) is 14.4 Å². The maximum atomic E-state index is 13.5. The molecule has 4 amide bonds. The zero-order chi connectivity index (χ0) is 29.2. The first kappa shape index (κ1) is 29.7. The molecule has 3 N–H and O–H groups in total. The molecule has 9 nitrogen and oxygen atoms in total. The van der Waals surface area contributed by atoms with Crippen LogP contribution in [0.2, 0.25) is 0 Å². The molecule has 0 radical (unpaired) electrons. The summed E-state index contributed by atoms with van der Waals surface area (Å²) in [5.41, 5.74) is 9.06. The molecular formula is C32H39N5O4. The van der Waals surface area contributed by atoms with Crippen LogP contribution in [0.25, 0.3) is 0 Å². The van der Waals surface area contributed by atoms with Gasteiger partial charge in [-0.25, -0.2) is 4.79 Å². The largest absolute Gasteiger partial charge is 0.383 e. The minimum atomic E-state index is -0.926. The predicted octanol–water partition coefficient (Wildman–Crippen LogP) is 4.40. The molecule has 41 heavy (non-hydrogen) atoms. The second kappa shape index (κ2) is 14.4. The van der Waals surface area contributed by atoms with E-state index in [1.165, 1.54) is 0 Å². The Kier molecular flexibility index (Phi) is 10.5. The minimum absolute atomic E-state index is 0.0206. The number of aromatic nitrogens is 1. The number of benzene rings is 2. The molecular weight excluding hydrogens is 518 g/mol. The van der Waals surface area contributed by atoms with Crippen LogP contribution in [-0.4, -0.2) is 55.0 Å². The van der Waals surface area contributed by atoms with Gasteiger partial charge < -0.3 is 20.7 Å². The summed E-state index contributed by atoms with van der Waals surface area (Å²) in [6.45, 7) is 1.35. The molecule has 216 valence electrons. The first-order valence-electron chi connectivity index (χ1n) is 14.0. The fourth-order valence-corrected chi connectivity index (χ4v) is 5.42. The van der Waals surface area contributed by atoms with Crippen molar-refractivity contribution in [3.63, 3.8) is 0 Å². The third-order valence-electron chi connectivity index (χ3n) is 7.70. The molecule has 1 aliphatic rings. The van der Waals surface area contributed by atoms with Crippen LogP contribution in [0.15, 0.2) is 79.1 Å². The molecule has 3 atom stereocenters. The molecule has 3 aromatic rings. The average molecular weight is 558 g/mol. The van der Waals surface area contributed by atoms with Crippen LogP contribution in [-0.2, 0) is 20.9 Å². The number of amides is 4. The van der Waals surface area contributed by atoms with Gasteiger partial charge in [0.25, 0.3) is 0 Å². The number of hydrogen-bond acceptors (Lipinski definition) is 5. The summed E-state index contributed by atoms with van der Waals surface area (Å²) in [5.74, 6) is -1.04. The molecule has 0 spiro atoms. The molecule has 0 saturated heterocycles. The predicted molar refractivity (Wildman–Crippen MR) is 158 cm³/mol. The number of nitrogens with one attached hydrogen (secondary N) is 1. The second-order valence-corrected chi connectivity index (χ2v) is 10.5. The van der Waals surface area contributed by atoms with Gasteiger partial charge in [0.1, 0.15) is 6.04 Å². The number of likely N-dealkylation sites (N-methyl/N-ethyl adjacent to an activating group) is 1. The smallest absolute Gasteiger partial charge is 0.324 e. The highest BCUT2D eigenvalue weighted by molar-refractivity contribution is 5.92. The van der Waals surface area contributed by atoms with Crippen LogP contribution < -0.4 is 16.0 Å². The van der Waals surface area contributed by atoms with E-state index >= 15 is 0 Å². The van der Waals surface area contributed by atoms with Crippen molar-refractivity contribution < 1.29 is 19.1 Å². The van der Waals surface area contributed by atoms with E-state index in [2.05, 4.69) is 22.4 Å². The van der Waals surface area contributed by atoms with Gasteiger partial charge in [-0.1, -0.05) is 61.4 Å². The van der Waals surface area contributed by atoms with Crippen molar-refractivity contribution in [2.24, 2.45) is 11.7 Å². The topological polar surface area (TPSA) is 118 Å². The van der Waals surface area contributed by atoms with Gasteiger partial charge in [0, 0.05) is 50.3 Å². The molecule has 0 unspecified atom stereocenters. The van der Waals surface area contributed by atoms with E-state index < -0.39 is 11.9 Å². The normalized spacial score (nSPS) is 17.3. The summed E-state index contributed by atoms with van der Waals surface area (Å²) in [6, 6.07) is 20.2. The minimum Gasteiger partial charge on any atom is -0.383 e. The Morgan fingerprint density at radius 1 is 1.02 bits per heavy atom. The molecule has 4 rings (SSSR count). The number of urea groups is 1. The van der Waals surface area contributed by atoms with Gasteiger partial charge in [-0.05, 0) is 48.1 Å². The third kappa shape index (κ3) is 7.70. The number of nitrogens with two attached hydrogens (primary N) is 1. The van der Waals surface area contributed by atoms with E-state index in [1.54, 1.807) is 48.5 Å². The van der Waals surface area contributed by atoms with E-state index in [0.29, 0.717) is 25.3 Å². The van der Waals surface area contributed by atoms with Crippen LogP contribution in [0, 0.1) is 5.92 Å². The second-order valence-electron chi connectivity index (χ2n) is 10.5. The number of anilines is 1. The summed E-state index contributed by atoms with van der Waals surface area (Å²) in [4.78, 5) is 46.4. The summed E-state index contributed by atoms with van der Waals surface area (Å²) in [7, 11) is 3.39. The van der Waals surface area contributed by atoms with Gasteiger partial charge in [0.2, 0.25) is 11.8 Å². The number of methoxy groups -OCH3 is 1. The first-order valence-corrected chi connectivity index (χ1v) is 14.0. The van der Waals surface area contributed by atoms with E-state index in [0.717, 1.165) is 42.5 Å².